The maximum Gasteiger partial charge on any atom is 0.0594 e. The van der Waals surface area contributed by atoms with Crippen molar-refractivity contribution in [3.8, 4) is 0 Å². The third kappa shape index (κ3) is 2.31. The van der Waals surface area contributed by atoms with Gasteiger partial charge in [-0.05, 0) is 30.5 Å². The summed E-state index contributed by atoms with van der Waals surface area (Å²) in [6.07, 6.45) is 2.60. The van der Waals surface area contributed by atoms with E-state index in [4.69, 9.17) is 10.5 Å². The van der Waals surface area contributed by atoms with Gasteiger partial charge in [-0.3, -0.25) is 4.90 Å². The fourth-order valence-corrected chi connectivity index (χ4v) is 2.74. The number of anilines is 1. The van der Waals surface area contributed by atoms with Crippen LogP contribution in [0.5, 0.6) is 0 Å². The minimum absolute atomic E-state index is 0.382. The predicted molar refractivity (Wildman–Crippen MR) is 69.0 cm³/mol. The van der Waals surface area contributed by atoms with E-state index in [1.54, 1.807) is 0 Å². The molecule has 17 heavy (non-hydrogen) atoms. The molecule has 1 aliphatic carbocycles. The number of nitrogens with two attached hydrogens (primary N) is 1. The van der Waals surface area contributed by atoms with Crippen LogP contribution in [0.3, 0.4) is 0 Å². The van der Waals surface area contributed by atoms with Crippen molar-refractivity contribution < 1.29 is 4.74 Å². The van der Waals surface area contributed by atoms with Crippen LogP contribution in [0.1, 0.15) is 18.4 Å². The minimum Gasteiger partial charge on any atom is -0.399 e. The van der Waals surface area contributed by atoms with Gasteiger partial charge >= 0.3 is 0 Å². The molecule has 1 aliphatic heterocycles. The lowest BCUT2D eigenvalue weighted by atomic mass is 9.94. The lowest BCUT2D eigenvalue weighted by Gasteiger charge is -2.30. The SMILES string of the molecule is Nc1cccc(C2(CN3CCOCC3)CC2)c1. The van der Waals surface area contributed by atoms with Crippen LogP contribution >= 0.6 is 0 Å². The molecule has 0 unspecified atom stereocenters. The molecule has 2 aliphatic rings. The summed E-state index contributed by atoms with van der Waals surface area (Å²) in [5.41, 5.74) is 8.57. The highest BCUT2D eigenvalue weighted by atomic mass is 16.5. The van der Waals surface area contributed by atoms with E-state index < -0.39 is 0 Å². The number of ether oxygens (including phenoxy) is 1. The van der Waals surface area contributed by atoms with Crippen molar-refractivity contribution in [3.05, 3.63) is 29.8 Å². The van der Waals surface area contributed by atoms with Gasteiger partial charge in [-0.2, -0.15) is 0 Å². The van der Waals surface area contributed by atoms with Crippen LogP contribution in [0.15, 0.2) is 24.3 Å². The zero-order valence-electron chi connectivity index (χ0n) is 10.2. The highest BCUT2D eigenvalue weighted by Gasteiger charge is 2.45. The minimum atomic E-state index is 0.382. The van der Waals surface area contributed by atoms with E-state index in [0.717, 1.165) is 32.0 Å². The van der Waals surface area contributed by atoms with E-state index in [0.29, 0.717) is 5.41 Å². The zero-order valence-corrected chi connectivity index (χ0v) is 10.2. The number of hydrogen-bond donors (Lipinski definition) is 1. The second kappa shape index (κ2) is 4.31. The molecular weight excluding hydrogens is 212 g/mol. The van der Waals surface area contributed by atoms with Gasteiger partial charge in [0.1, 0.15) is 0 Å². The van der Waals surface area contributed by atoms with Gasteiger partial charge in [0.05, 0.1) is 13.2 Å². The van der Waals surface area contributed by atoms with E-state index in [1.807, 2.05) is 6.07 Å². The summed E-state index contributed by atoms with van der Waals surface area (Å²) in [7, 11) is 0. The molecule has 1 saturated heterocycles. The van der Waals surface area contributed by atoms with Crippen molar-refractivity contribution in [3.63, 3.8) is 0 Å². The summed E-state index contributed by atoms with van der Waals surface area (Å²) < 4.78 is 5.40. The van der Waals surface area contributed by atoms with Crippen molar-refractivity contribution in [1.82, 2.24) is 4.90 Å². The molecule has 0 spiro atoms. The quantitative estimate of drug-likeness (QED) is 0.805. The first kappa shape index (κ1) is 11.1. The number of nitrogens with zero attached hydrogens (tertiary/aromatic N) is 1. The van der Waals surface area contributed by atoms with Crippen molar-refractivity contribution in [2.75, 3.05) is 38.6 Å². The highest BCUT2D eigenvalue weighted by molar-refractivity contribution is 5.45. The molecule has 0 amide bonds. The Hall–Kier alpha value is -1.06. The summed E-state index contributed by atoms with van der Waals surface area (Å²) >= 11 is 0. The molecule has 0 radical (unpaired) electrons. The standard InChI is InChI=1S/C14H20N2O/c15-13-3-1-2-12(10-13)14(4-5-14)11-16-6-8-17-9-7-16/h1-3,10H,4-9,11,15H2. The number of benzene rings is 1. The van der Waals surface area contributed by atoms with Crippen LogP contribution in [0, 0.1) is 0 Å². The van der Waals surface area contributed by atoms with E-state index >= 15 is 0 Å². The molecule has 2 fully saturated rings. The number of rotatable bonds is 3. The number of hydrogen-bond acceptors (Lipinski definition) is 3. The molecule has 1 saturated carbocycles. The van der Waals surface area contributed by atoms with Crippen LogP contribution in [0.25, 0.3) is 0 Å². The molecule has 3 heteroatoms. The smallest absolute Gasteiger partial charge is 0.0594 e. The Labute approximate surface area is 103 Å². The number of morpholine rings is 1. The van der Waals surface area contributed by atoms with Crippen LogP contribution in [0.4, 0.5) is 5.69 Å². The summed E-state index contributed by atoms with van der Waals surface area (Å²) in [6, 6.07) is 8.41. The molecule has 3 rings (SSSR count). The average Bonchev–Trinajstić information content (AvgIpc) is 3.11. The third-order valence-corrected chi connectivity index (χ3v) is 3.98. The Morgan fingerprint density at radius 1 is 1.24 bits per heavy atom. The summed E-state index contributed by atoms with van der Waals surface area (Å²) in [5.74, 6) is 0. The zero-order chi connectivity index (χ0) is 11.7. The van der Waals surface area contributed by atoms with Crippen LogP contribution in [-0.4, -0.2) is 37.7 Å². The van der Waals surface area contributed by atoms with Crippen molar-refractivity contribution in [1.29, 1.82) is 0 Å². The van der Waals surface area contributed by atoms with E-state index in [9.17, 15) is 0 Å². The van der Waals surface area contributed by atoms with Gasteiger partial charge in [0, 0.05) is 30.7 Å². The largest absolute Gasteiger partial charge is 0.399 e. The van der Waals surface area contributed by atoms with Crippen LogP contribution in [0.2, 0.25) is 0 Å². The Kier molecular flexibility index (Phi) is 2.81. The Morgan fingerprint density at radius 3 is 2.65 bits per heavy atom. The van der Waals surface area contributed by atoms with E-state index in [1.165, 1.54) is 24.9 Å². The van der Waals surface area contributed by atoms with Gasteiger partial charge in [-0.25, -0.2) is 0 Å². The van der Waals surface area contributed by atoms with Gasteiger partial charge in [-0.1, -0.05) is 12.1 Å². The number of nitrogen functional groups attached to an aromatic ring is 1. The van der Waals surface area contributed by atoms with E-state index in [-0.39, 0.29) is 0 Å². The molecule has 0 atom stereocenters. The van der Waals surface area contributed by atoms with Crippen molar-refractivity contribution in [2.45, 2.75) is 18.3 Å². The predicted octanol–water partition coefficient (Wildman–Crippen LogP) is 1.63. The normalized spacial score (nSPS) is 23.5. The molecular formula is C14H20N2O. The van der Waals surface area contributed by atoms with Crippen LogP contribution < -0.4 is 5.73 Å². The molecule has 92 valence electrons. The Balaban J connectivity index is 1.73. The van der Waals surface area contributed by atoms with Gasteiger partial charge in [0.15, 0.2) is 0 Å². The Morgan fingerprint density at radius 2 is 2.00 bits per heavy atom. The fourth-order valence-electron chi connectivity index (χ4n) is 2.74. The lowest BCUT2D eigenvalue weighted by Crippen LogP contribution is -2.41. The lowest BCUT2D eigenvalue weighted by molar-refractivity contribution is 0.0336. The molecule has 0 bridgehead atoms. The highest BCUT2D eigenvalue weighted by Crippen LogP contribution is 2.49. The van der Waals surface area contributed by atoms with Crippen molar-refractivity contribution >= 4 is 5.69 Å². The molecule has 1 heterocycles. The van der Waals surface area contributed by atoms with E-state index in [2.05, 4.69) is 23.1 Å². The third-order valence-electron chi connectivity index (χ3n) is 3.98. The van der Waals surface area contributed by atoms with Gasteiger partial charge < -0.3 is 10.5 Å². The average molecular weight is 232 g/mol. The fraction of sp³-hybridized carbons (Fsp3) is 0.571. The monoisotopic (exact) mass is 232 g/mol. The first-order chi connectivity index (χ1) is 8.28. The van der Waals surface area contributed by atoms with Gasteiger partial charge in [0.25, 0.3) is 0 Å². The second-order valence-electron chi connectivity index (χ2n) is 5.29. The summed E-state index contributed by atoms with van der Waals surface area (Å²) in [4.78, 5) is 2.53. The van der Waals surface area contributed by atoms with Crippen molar-refractivity contribution in [2.24, 2.45) is 0 Å². The van der Waals surface area contributed by atoms with Gasteiger partial charge in [-0.15, -0.1) is 0 Å². The summed E-state index contributed by atoms with van der Waals surface area (Å²) in [5, 5.41) is 0. The first-order valence-corrected chi connectivity index (χ1v) is 6.45. The Bertz CT molecular complexity index is 395. The summed E-state index contributed by atoms with van der Waals surface area (Å²) in [6.45, 7) is 5.08. The molecule has 1 aromatic rings. The topological polar surface area (TPSA) is 38.5 Å². The van der Waals surface area contributed by atoms with Gasteiger partial charge in [0.2, 0.25) is 0 Å². The molecule has 3 nitrogen and oxygen atoms in total. The first-order valence-electron chi connectivity index (χ1n) is 6.45. The maximum atomic E-state index is 5.88. The maximum absolute atomic E-state index is 5.88. The molecule has 0 aromatic heterocycles. The molecule has 2 N–H and O–H groups in total. The molecule has 1 aromatic carbocycles. The second-order valence-corrected chi connectivity index (χ2v) is 5.29. The van der Waals surface area contributed by atoms with Crippen LogP contribution in [-0.2, 0) is 10.2 Å².